The third-order valence-corrected chi connectivity index (χ3v) is 5.92. The maximum atomic E-state index is 13.8. The quantitative estimate of drug-likeness (QED) is 0.526. The molecule has 3 rings (SSSR count). The molecular weight excluding hydrogens is 432 g/mol. The molecule has 0 saturated carbocycles. The Morgan fingerprint density at radius 1 is 0.971 bits per heavy atom. The van der Waals surface area contributed by atoms with E-state index in [0.717, 1.165) is 11.1 Å². The second-order valence-electron chi connectivity index (χ2n) is 8.77. The Bertz CT molecular complexity index is 999. The maximum absolute atomic E-state index is 13.8. The van der Waals surface area contributed by atoms with Crippen LogP contribution in [0.5, 0.6) is 0 Å². The minimum absolute atomic E-state index is 0.214. The van der Waals surface area contributed by atoms with Crippen LogP contribution < -0.4 is 10.6 Å². The number of rotatable bonds is 10. The number of fused-ring (bicyclic) bond motifs is 1. The molecule has 0 spiro atoms. The fourth-order valence-electron chi connectivity index (χ4n) is 3.91. The van der Waals surface area contributed by atoms with Crippen LogP contribution in [0.3, 0.4) is 0 Å². The van der Waals surface area contributed by atoms with E-state index in [9.17, 15) is 19.2 Å². The largest absolute Gasteiger partial charge is 0.345 e. The molecule has 8 nitrogen and oxygen atoms in total. The molecule has 0 bridgehead atoms. The molecule has 2 aromatic carbocycles. The Morgan fingerprint density at radius 2 is 1.56 bits per heavy atom. The minimum atomic E-state index is -0.836. The van der Waals surface area contributed by atoms with E-state index in [1.807, 2.05) is 49.2 Å². The normalized spacial score (nSPS) is 14.7. The van der Waals surface area contributed by atoms with Crippen LogP contribution in [-0.2, 0) is 27.5 Å². The molecule has 0 unspecified atom stereocenters. The van der Waals surface area contributed by atoms with E-state index in [4.69, 9.17) is 0 Å². The summed E-state index contributed by atoms with van der Waals surface area (Å²) >= 11 is 0. The van der Waals surface area contributed by atoms with Crippen molar-refractivity contribution in [1.29, 1.82) is 0 Å². The molecule has 2 atom stereocenters. The summed E-state index contributed by atoms with van der Waals surface area (Å²) in [5, 5.41) is 8.74. The third-order valence-electron chi connectivity index (χ3n) is 5.92. The van der Waals surface area contributed by atoms with Crippen molar-refractivity contribution < 1.29 is 19.2 Å². The zero-order valence-corrected chi connectivity index (χ0v) is 19.9. The number of hydrazine groups is 1. The number of benzene rings is 2. The Hall–Kier alpha value is -3.52. The van der Waals surface area contributed by atoms with Crippen molar-refractivity contribution in [3.05, 3.63) is 71.3 Å². The second-order valence-corrected chi connectivity index (χ2v) is 8.77. The van der Waals surface area contributed by atoms with E-state index in [1.165, 1.54) is 5.01 Å². The van der Waals surface area contributed by atoms with E-state index in [1.54, 1.807) is 31.2 Å². The Balaban J connectivity index is 1.83. The van der Waals surface area contributed by atoms with Gasteiger partial charge >= 0.3 is 0 Å². The average molecular weight is 465 g/mol. The highest BCUT2D eigenvalue weighted by atomic mass is 16.2. The maximum Gasteiger partial charge on any atom is 0.260 e. The van der Waals surface area contributed by atoms with Gasteiger partial charge in [0.05, 0.1) is 6.04 Å². The molecule has 1 aliphatic heterocycles. The number of hydrogen-bond donors (Lipinski definition) is 2. The standard InChI is InChI=1S/C26H32N4O4/c1-4-22(17-31)27-23(32)16-30(29-14-20-12-8-9-13-21(20)15-29)26(34)24(18(2)3)28-25(33)19-10-6-5-7-11-19/h5-13,17-18,22,24H,4,14-16H2,1-3H3,(H,27,32)(H,28,33)/t22-,24-/m0/s1. The monoisotopic (exact) mass is 464 g/mol. The van der Waals surface area contributed by atoms with Gasteiger partial charge in [-0.2, -0.15) is 0 Å². The molecule has 0 aliphatic carbocycles. The van der Waals surface area contributed by atoms with Gasteiger partial charge in [0, 0.05) is 18.7 Å². The van der Waals surface area contributed by atoms with E-state index in [0.29, 0.717) is 31.4 Å². The van der Waals surface area contributed by atoms with Gasteiger partial charge in [-0.3, -0.25) is 19.4 Å². The van der Waals surface area contributed by atoms with Crippen LogP contribution in [0.4, 0.5) is 0 Å². The van der Waals surface area contributed by atoms with Crippen LogP contribution >= 0.6 is 0 Å². The van der Waals surface area contributed by atoms with E-state index < -0.39 is 18.0 Å². The fourth-order valence-corrected chi connectivity index (χ4v) is 3.91. The van der Waals surface area contributed by atoms with Crippen molar-refractivity contribution >= 4 is 24.0 Å². The lowest BCUT2D eigenvalue weighted by Gasteiger charge is -2.35. The lowest BCUT2D eigenvalue weighted by atomic mass is 10.0. The second kappa shape index (κ2) is 11.6. The van der Waals surface area contributed by atoms with E-state index in [-0.39, 0.29) is 24.3 Å². The number of hydrogen-bond acceptors (Lipinski definition) is 5. The first-order valence-electron chi connectivity index (χ1n) is 11.6. The van der Waals surface area contributed by atoms with Crippen LogP contribution in [0.25, 0.3) is 0 Å². The highest BCUT2D eigenvalue weighted by molar-refractivity contribution is 5.98. The molecule has 0 fully saturated rings. The van der Waals surface area contributed by atoms with Crippen LogP contribution in [0.15, 0.2) is 54.6 Å². The summed E-state index contributed by atoms with van der Waals surface area (Å²) in [7, 11) is 0. The first-order chi connectivity index (χ1) is 16.3. The lowest BCUT2D eigenvalue weighted by Crippen LogP contribution is -2.58. The third kappa shape index (κ3) is 6.08. The zero-order valence-electron chi connectivity index (χ0n) is 19.9. The van der Waals surface area contributed by atoms with Crippen molar-refractivity contribution in [2.24, 2.45) is 5.92 Å². The van der Waals surface area contributed by atoms with Crippen LogP contribution in [-0.4, -0.2) is 52.7 Å². The van der Waals surface area contributed by atoms with E-state index in [2.05, 4.69) is 10.6 Å². The summed E-state index contributed by atoms with van der Waals surface area (Å²) in [5.41, 5.74) is 2.61. The van der Waals surface area contributed by atoms with Crippen LogP contribution in [0, 0.1) is 5.92 Å². The highest BCUT2D eigenvalue weighted by Crippen LogP contribution is 2.25. The number of carbonyl (C=O) groups excluding carboxylic acids is 4. The molecule has 3 amide bonds. The van der Waals surface area contributed by atoms with Gasteiger partial charge in [-0.05, 0) is 35.6 Å². The van der Waals surface area contributed by atoms with Gasteiger partial charge in [0.1, 0.15) is 18.9 Å². The van der Waals surface area contributed by atoms with Gasteiger partial charge in [0.25, 0.3) is 11.8 Å². The summed E-state index contributed by atoms with van der Waals surface area (Å²) in [5.74, 6) is -1.37. The Kier molecular flexibility index (Phi) is 8.54. The van der Waals surface area contributed by atoms with Crippen LogP contribution in [0.1, 0.15) is 48.7 Å². The molecule has 0 aromatic heterocycles. The fraction of sp³-hybridized carbons (Fsp3) is 0.385. The van der Waals surface area contributed by atoms with Crippen molar-refractivity contribution in [3.63, 3.8) is 0 Å². The molecule has 180 valence electrons. The molecule has 1 heterocycles. The number of aldehydes is 1. The molecule has 1 aliphatic rings. The summed E-state index contributed by atoms with van der Waals surface area (Å²) in [6, 6.07) is 15.1. The van der Waals surface area contributed by atoms with E-state index >= 15 is 0 Å². The molecule has 2 aromatic rings. The predicted octanol–water partition coefficient (Wildman–Crippen LogP) is 2.29. The topological polar surface area (TPSA) is 98.8 Å². The Morgan fingerprint density at radius 3 is 2.09 bits per heavy atom. The molecule has 2 N–H and O–H groups in total. The number of carbonyl (C=O) groups is 4. The van der Waals surface area contributed by atoms with Crippen molar-refractivity contribution in [2.45, 2.75) is 52.4 Å². The van der Waals surface area contributed by atoms with Crippen LogP contribution in [0.2, 0.25) is 0 Å². The molecule has 8 heteroatoms. The SMILES string of the molecule is CC[C@@H](C=O)NC(=O)CN(C(=O)[C@@H](NC(=O)c1ccccc1)C(C)C)N1Cc2ccccc2C1. The molecule has 0 radical (unpaired) electrons. The van der Waals surface area contributed by atoms with Gasteiger partial charge in [0.15, 0.2) is 0 Å². The van der Waals surface area contributed by atoms with Gasteiger partial charge in [-0.25, -0.2) is 5.01 Å². The first kappa shape index (κ1) is 25.1. The predicted molar refractivity (Wildman–Crippen MR) is 128 cm³/mol. The molecule has 34 heavy (non-hydrogen) atoms. The van der Waals surface area contributed by atoms with Gasteiger partial charge in [-0.15, -0.1) is 0 Å². The lowest BCUT2D eigenvalue weighted by molar-refractivity contribution is -0.158. The van der Waals surface area contributed by atoms with Gasteiger partial charge in [-0.1, -0.05) is 63.2 Å². The van der Waals surface area contributed by atoms with Crippen molar-refractivity contribution in [1.82, 2.24) is 20.7 Å². The number of amides is 3. The summed E-state index contributed by atoms with van der Waals surface area (Å²) < 4.78 is 0. The van der Waals surface area contributed by atoms with Crippen molar-refractivity contribution in [3.8, 4) is 0 Å². The highest BCUT2D eigenvalue weighted by Gasteiger charge is 2.35. The molecule has 0 saturated heterocycles. The Labute approximate surface area is 200 Å². The summed E-state index contributed by atoms with van der Waals surface area (Å²) in [4.78, 5) is 50.6. The summed E-state index contributed by atoms with van der Waals surface area (Å²) in [6.07, 6.45) is 1.15. The first-order valence-corrected chi connectivity index (χ1v) is 11.6. The summed E-state index contributed by atoms with van der Waals surface area (Å²) in [6.45, 7) is 6.19. The van der Waals surface area contributed by atoms with Gasteiger partial charge in [0.2, 0.25) is 5.91 Å². The zero-order chi connectivity index (χ0) is 24.7. The number of nitrogens with one attached hydrogen (secondary N) is 2. The minimum Gasteiger partial charge on any atom is -0.345 e. The average Bonchev–Trinajstić information content (AvgIpc) is 3.28. The smallest absolute Gasteiger partial charge is 0.260 e. The van der Waals surface area contributed by atoms with Crippen molar-refractivity contribution in [2.75, 3.05) is 6.54 Å². The number of nitrogens with zero attached hydrogens (tertiary/aromatic N) is 2. The van der Waals surface area contributed by atoms with Gasteiger partial charge < -0.3 is 15.4 Å². The molecular formula is C26H32N4O4.